The van der Waals surface area contributed by atoms with Crippen LogP contribution in [0.2, 0.25) is 0 Å². The van der Waals surface area contributed by atoms with Crippen LogP contribution in [-0.2, 0) is 16.1 Å². The second-order valence-electron chi connectivity index (χ2n) is 3.53. The molecule has 0 bridgehead atoms. The number of aromatic nitrogens is 1. The Morgan fingerprint density at radius 1 is 1.40 bits per heavy atom. The molecule has 0 fully saturated rings. The zero-order valence-corrected chi connectivity index (χ0v) is 8.86. The number of ether oxygens (including phenoxy) is 1. The Labute approximate surface area is 88.3 Å². The van der Waals surface area contributed by atoms with Crippen molar-refractivity contribution in [3.8, 4) is 0 Å². The summed E-state index contributed by atoms with van der Waals surface area (Å²) in [5, 5.41) is 1.18. The molecule has 0 spiro atoms. The van der Waals surface area contributed by atoms with Crippen molar-refractivity contribution in [3.63, 3.8) is 0 Å². The fraction of sp³-hybridized carbons (Fsp3) is 0.250. The zero-order chi connectivity index (χ0) is 10.8. The summed E-state index contributed by atoms with van der Waals surface area (Å²) < 4.78 is 6.54. The van der Waals surface area contributed by atoms with Crippen LogP contribution in [0.25, 0.3) is 10.9 Å². The van der Waals surface area contributed by atoms with Crippen LogP contribution >= 0.6 is 0 Å². The minimum atomic E-state index is -0.228. The number of carbonyl (C=O) groups excluding carboxylic acids is 1. The second kappa shape index (κ2) is 3.77. The number of hydrogen-bond donors (Lipinski definition) is 0. The Balaban J connectivity index is 2.45. The lowest BCUT2D eigenvalue weighted by molar-refractivity contribution is -0.141. The van der Waals surface area contributed by atoms with Crippen molar-refractivity contribution in [3.05, 3.63) is 36.0 Å². The molecule has 1 heterocycles. The monoisotopic (exact) mass is 203 g/mol. The second-order valence-corrected chi connectivity index (χ2v) is 3.53. The highest BCUT2D eigenvalue weighted by Gasteiger charge is 2.06. The lowest BCUT2D eigenvalue weighted by Gasteiger charge is -2.03. The topological polar surface area (TPSA) is 31.2 Å². The molecule has 0 amide bonds. The van der Waals surface area contributed by atoms with Gasteiger partial charge in [0.1, 0.15) is 6.54 Å². The van der Waals surface area contributed by atoms with Gasteiger partial charge in [-0.25, -0.2) is 0 Å². The Kier molecular flexibility index (Phi) is 2.46. The Bertz CT molecular complexity index is 499. The van der Waals surface area contributed by atoms with Crippen LogP contribution < -0.4 is 0 Å². The predicted octanol–water partition coefficient (Wildman–Crippen LogP) is 2.12. The number of esters is 1. The third kappa shape index (κ3) is 1.73. The number of benzene rings is 1. The Morgan fingerprint density at radius 3 is 2.93 bits per heavy atom. The van der Waals surface area contributed by atoms with Crippen LogP contribution in [0, 0.1) is 6.92 Å². The van der Waals surface area contributed by atoms with E-state index in [1.165, 1.54) is 18.1 Å². The van der Waals surface area contributed by atoms with Gasteiger partial charge in [0.05, 0.1) is 7.11 Å². The van der Waals surface area contributed by atoms with Crippen LogP contribution in [0.1, 0.15) is 5.56 Å². The van der Waals surface area contributed by atoms with Crippen molar-refractivity contribution < 1.29 is 9.53 Å². The van der Waals surface area contributed by atoms with E-state index in [0.29, 0.717) is 0 Å². The maximum absolute atomic E-state index is 11.2. The standard InChI is InChI=1S/C12H13NO2/c1-9-4-3-5-11-10(9)6-7-13(11)8-12(14)15-2/h3-7H,8H2,1-2H3. The first kappa shape index (κ1) is 9.77. The van der Waals surface area contributed by atoms with Crippen LogP contribution in [0.15, 0.2) is 30.5 Å². The quantitative estimate of drug-likeness (QED) is 0.700. The molecule has 2 rings (SSSR count). The van der Waals surface area contributed by atoms with Gasteiger partial charge in [-0.05, 0) is 24.6 Å². The van der Waals surface area contributed by atoms with E-state index >= 15 is 0 Å². The van der Waals surface area contributed by atoms with E-state index < -0.39 is 0 Å². The van der Waals surface area contributed by atoms with Crippen LogP contribution in [0.5, 0.6) is 0 Å². The normalized spacial score (nSPS) is 10.5. The number of carbonyl (C=O) groups is 1. The number of rotatable bonds is 2. The van der Waals surface area contributed by atoms with E-state index in [-0.39, 0.29) is 12.5 Å². The molecule has 0 unspecified atom stereocenters. The summed E-state index contributed by atoms with van der Waals surface area (Å²) in [5.74, 6) is -0.228. The molecule has 0 radical (unpaired) electrons. The molecule has 3 nitrogen and oxygen atoms in total. The first-order chi connectivity index (χ1) is 7.22. The molecule has 0 aliphatic rings. The van der Waals surface area contributed by atoms with Crippen molar-refractivity contribution in [2.24, 2.45) is 0 Å². The minimum Gasteiger partial charge on any atom is -0.468 e. The SMILES string of the molecule is COC(=O)Cn1ccc2c(C)cccc21. The molecule has 78 valence electrons. The summed E-state index contributed by atoms with van der Waals surface area (Å²) in [7, 11) is 1.40. The fourth-order valence-corrected chi connectivity index (χ4v) is 1.72. The largest absolute Gasteiger partial charge is 0.468 e. The van der Waals surface area contributed by atoms with Crippen LogP contribution in [-0.4, -0.2) is 17.6 Å². The molecule has 0 saturated heterocycles. The Morgan fingerprint density at radius 2 is 2.20 bits per heavy atom. The first-order valence-electron chi connectivity index (χ1n) is 4.83. The van der Waals surface area contributed by atoms with Gasteiger partial charge in [-0.15, -0.1) is 0 Å². The number of hydrogen-bond acceptors (Lipinski definition) is 2. The predicted molar refractivity (Wildman–Crippen MR) is 58.7 cm³/mol. The van der Waals surface area contributed by atoms with Crippen molar-refractivity contribution in [1.29, 1.82) is 0 Å². The third-order valence-corrected chi connectivity index (χ3v) is 2.56. The van der Waals surface area contributed by atoms with Crippen molar-refractivity contribution in [1.82, 2.24) is 4.57 Å². The number of nitrogens with zero attached hydrogens (tertiary/aromatic N) is 1. The van der Waals surface area contributed by atoms with Crippen molar-refractivity contribution in [2.45, 2.75) is 13.5 Å². The minimum absolute atomic E-state index is 0.228. The molecule has 0 N–H and O–H groups in total. The molecule has 15 heavy (non-hydrogen) atoms. The molecule has 3 heteroatoms. The maximum atomic E-state index is 11.2. The van der Waals surface area contributed by atoms with E-state index in [9.17, 15) is 4.79 Å². The van der Waals surface area contributed by atoms with Crippen molar-refractivity contribution >= 4 is 16.9 Å². The lowest BCUT2D eigenvalue weighted by Crippen LogP contribution is -2.10. The summed E-state index contributed by atoms with van der Waals surface area (Å²) in [5.41, 5.74) is 2.29. The van der Waals surface area contributed by atoms with Gasteiger partial charge in [0.2, 0.25) is 0 Å². The van der Waals surface area contributed by atoms with Gasteiger partial charge in [0.15, 0.2) is 0 Å². The van der Waals surface area contributed by atoms with Crippen molar-refractivity contribution in [2.75, 3.05) is 7.11 Å². The highest BCUT2D eigenvalue weighted by Crippen LogP contribution is 2.19. The summed E-state index contributed by atoms with van der Waals surface area (Å²) in [6, 6.07) is 8.08. The summed E-state index contributed by atoms with van der Waals surface area (Å²) in [6.45, 7) is 2.33. The number of aryl methyl sites for hydroxylation is 1. The fourth-order valence-electron chi connectivity index (χ4n) is 1.72. The van der Waals surface area contributed by atoms with Gasteiger partial charge in [0, 0.05) is 17.1 Å². The van der Waals surface area contributed by atoms with E-state index in [0.717, 1.165) is 5.52 Å². The molecule has 0 saturated carbocycles. The average Bonchev–Trinajstić information content (AvgIpc) is 2.63. The summed E-state index contributed by atoms with van der Waals surface area (Å²) in [6.07, 6.45) is 1.91. The number of fused-ring (bicyclic) bond motifs is 1. The van der Waals surface area contributed by atoms with Gasteiger partial charge in [-0.1, -0.05) is 12.1 Å². The molecule has 1 aromatic heterocycles. The maximum Gasteiger partial charge on any atom is 0.325 e. The lowest BCUT2D eigenvalue weighted by atomic mass is 10.1. The molecule has 0 aliphatic carbocycles. The van der Waals surface area contributed by atoms with Gasteiger partial charge in [0.25, 0.3) is 0 Å². The average molecular weight is 203 g/mol. The summed E-state index contributed by atoms with van der Waals surface area (Å²) in [4.78, 5) is 11.2. The van der Waals surface area contributed by atoms with Gasteiger partial charge in [-0.3, -0.25) is 4.79 Å². The van der Waals surface area contributed by atoms with E-state index in [2.05, 4.69) is 17.7 Å². The van der Waals surface area contributed by atoms with E-state index in [4.69, 9.17) is 0 Å². The molecular formula is C12H13NO2. The smallest absolute Gasteiger partial charge is 0.325 e. The van der Waals surface area contributed by atoms with Gasteiger partial charge < -0.3 is 9.30 Å². The van der Waals surface area contributed by atoms with Crippen LogP contribution in [0.4, 0.5) is 0 Å². The molecule has 0 aliphatic heterocycles. The van der Waals surface area contributed by atoms with Crippen LogP contribution in [0.3, 0.4) is 0 Å². The first-order valence-corrected chi connectivity index (χ1v) is 4.83. The van der Waals surface area contributed by atoms with Gasteiger partial charge in [-0.2, -0.15) is 0 Å². The molecule has 2 aromatic rings. The highest BCUT2D eigenvalue weighted by atomic mass is 16.5. The van der Waals surface area contributed by atoms with E-state index in [1.807, 2.05) is 29.0 Å². The Hall–Kier alpha value is -1.77. The summed E-state index contributed by atoms with van der Waals surface area (Å²) >= 11 is 0. The molecular weight excluding hydrogens is 190 g/mol. The molecule has 1 aromatic carbocycles. The number of methoxy groups -OCH3 is 1. The van der Waals surface area contributed by atoms with E-state index in [1.54, 1.807) is 0 Å². The highest BCUT2D eigenvalue weighted by molar-refractivity contribution is 5.84. The molecule has 0 atom stereocenters. The zero-order valence-electron chi connectivity index (χ0n) is 8.86. The third-order valence-electron chi connectivity index (χ3n) is 2.56. The van der Waals surface area contributed by atoms with Gasteiger partial charge >= 0.3 is 5.97 Å².